The van der Waals surface area contributed by atoms with Crippen molar-refractivity contribution in [2.24, 2.45) is 4.99 Å². The summed E-state index contributed by atoms with van der Waals surface area (Å²) in [4.78, 5) is 13.0. The molecule has 0 fully saturated rings. The fourth-order valence-electron chi connectivity index (χ4n) is 0.568. The van der Waals surface area contributed by atoms with Crippen molar-refractivity contribution in [3.05, 3.63) is 0 Å². The first-order valence-corrected chi connectivity index (χ1v) is 3.74. The molecule has 0 saturated heterocycles. The molecule has 0 bridgehead atoms. The van der Waals surface area contributed by atoms with Gasteiger partial charge in [-0.05, 0) is 27.2 Å². The standard InChI is InChI=1S/C8H15NO2/c1-8(2,3)11-6-4-5-9-7-10/h4-6H2,1-3H3. The van der Waals surface area contributed by atoms with Gasteiger partial charge in [-0.25, -0.2) is 9.79 Å². The smallest absolute Gasteiger partial charge is 0.234 e. The Morgan fingerprint density at radius 2 is 2.09 bits per heavy atom. The predicted octanol–water partition coefficient (Wildman–Crippen LogP) is 1.53. The third-order valence-electron chi connectivity index (χ3n) is 1.01. The maximum atomic E-state index is 9.63. The molecule has 0 aliphatic heterocycles. The Bertz CT molecular complexity index is 143. The molecule has 0 spiro atoms. The number of rotatable bonds is 4. The summed E-state index contributed by atoms with van der Waals surface area (Å²) < 4.78 is 5.39. The maximum Gasteiger partial charge on any atom is 0.234 e. The molecule has 0 N–H and O–H groups in total. The Labute approximate surface area is 67.5 Å². The van der Waals surface area contributed by atoms with Crippen molar-refractivity contribution in [3.8, 4) is 0 Å². The third-order valence-corrected chi connectivity index (χ3v) is 1.01. The van der Waals surface area contributed by atoms with Gasteiger partial charge in [0.1, 0.15) is 0 Å². The zero-order chi connectivity index (χ0) is 8.74. The second kappa shape index (κ2) is 5.05. The number of hydrogen-bond donors (Lipinski definition) is 0. The number of isocyanates is 1. The molecule has 0 rings (SSSR count). The van der Waals surface area contributed by atoms with E-state index in [1.165, 1.54) is 6.08 Å². The summed E-state index contributed by atoms with van der Waals surface area (Å²) in [6.07, 6.45) is 2.27. The first kappa shape index (κ1) is 10.3. The number of nitrogens with zero attached hydrogens (tertiary/aromatic N) is 1. The van der Waals surface area contributed by atoms with Crippen LogP contribution in [0.3, 0.4) is 0 Å². The van der Waals surface area contributed by atoms with E-state index in [4.69, 9.17) is 4.74 Å². The van der Waals surface area contributed by atoms with E-state index in [1.54, 1.807) is 0 Å². The number of hydrogen-bond acceptors (Lipinski definition) is 3. The van der Waals surface area contributed by atoms with E-state index in [0.29, 0.717) is 13.2 Å². The van der Waals surface area contributed by atoms with Crippen LogP contribution in [0, 0.1) is 0 Å². The summed E-state index contributed by atoms with van der Waals surface area (Å²) in [5.41, 5.74) is -0.0924. The molecule has 0 saturated carbocycles. The highest BCUT2D eigenvalue weighted by molar-refractivity contribution is 5.32. The molecule has 0 aliphatic carbocycles. The van der Waals surface area contributed by atoms with Crippen LogP contribution in [-0.2, 0) is 9.53 Å². The summed E-state index contributed by atoms with van der Waals surface area (Å²) >= 11 is 0. The van der Waals surface area contributed by atoms with Crippen molar-refractivity contribution >= 4 is 6.08 Å². The van der Waals surface area contributed by atoms with Crippen molar-refractivity contribution < 1.29 is 9.53 Å². The third kappa shape index (κ3) is 9.34. The molecule has 64 valence electrons. The van der Waals surface area contributed by atoms with Crippen molar-refractivity contribution in [1.82, 2.24) is 0 Å². The van der Waals surface area contributed by atoms with Crippen LogP contribution in [-0.4, -0.2) is 24.8 Å². The van der Waals surface area contributed by atoms with Crippen LogP contribution in [0.25, 0.3) is 0 Å². The van der Waals surface area contributed by atoms with Crippen molar-refractivity contribution in [1.29, 1.82) is 0 Å². The first-order chi connectivity index (χ1) is 5.06. The average molecular weight is 157 g/mol. The SMILES string of the molecule is CC(C)(C)OCCCN=C=O. The Kier molecular flexibility index (Phi) is 4.75. The van der Waals surface area contributed by atoms with Gasteiger partial charge in [0.15, 0.2) is 0 Å². The lowest BCUT2D eigenvalue weighted by Gasteiger charge is -2.18. The second-order valence-electron chi connectivity index (χ2n) is 3.29. The molecule has 0 unspecified atom stereocenters. The lowest BCUT2D eigenvalue weighted by Crippen LogP contribution is -2.19. The van der Waals surface area contributed by atoms with Crippen LogP contribution in [0.4, 0.5) is 0 Å². The van der Waals surface area contributed by atoms with Gasteiger partial charge < -0.3 is 4.74 Å². The summed E-state index contributed by atoms with van der Waals surface area (Å²) in [6, 6.07) is 0. The molecular formula is C8H15NO2. The van der Waals surface area contributed by atoms with Gasteiger partial charge in [-0.15, -0.1) is 0 Å². The highest BCUT2D eigenvalue weighted by Crippen LogP contribution is 2.06. The van der Waals surface area contributed by atoms with Gasteiger partial charge in [0.25, 0.3) is 0 Å². The lowest BCUT2D eigenvalue weighted by atomic mass is 10.2. The molecule has 11 heavy (non-hydrogen) atoms. The van der Waals surface area contributed by atoms with E-state index in [0.717, 1.165) is 6.42 Å². The highest BCUT2D eigenvalue weighted by atomic mass is 16.5. The zero-order valence-electron chi connectivity index (χ0n) is 7.39. The van der Waals surface area contributed by atoms with Crippen LogP contribution in [0.15, 0.2) is 4.99 Å². The van der Waals surface area contributed by atoms with Gasteiger partial charge >= 0.3 is 0 Å². The van der Waals surface area contributed by atoms with Gasteiger partial charge in [-0.2, -0.15) is 0 Å². The fourth-order valence-corrected chi connectivity index (χ4v) is 0.568. The van der Waals surface area contributed by atoms with Crippen LogP contribution in [0.2, 0.25) is 0 Å². The quantitative estimate of drug-likeness (QED) is 0.352. The average Bonchev–Trinajstić information content (AvgIpc) is 1.85. The fraction of sp³-hybridized carbons (Fsp3) is 0.875. The molecule has 0 radical (unpaired) electrons. The van der Waals surface area contributed by atoms with Crippen LogP contribution >= 0.6 is 0 Å². The predicted molar refractivity (Wildman–Crippen MR) is 43.3 cm³/mol. The van der Waals surface area contributed by atoms with Gasteiger partial charge in [-0.3, -0.25) is 0 Å². The summed E-state index contributed by atoms with van der Waals surface area (Å²) in [6.45, 7) is 7.15. The molecule has 0 atom stereocenters. The largest absolute Gasteiger partial charge is 0.376 e. The number of aliphatic imine (C=N–C) groups is 1. The Morgan fingerprint density at radius 3 is 2.55 bits per heavy atom. The molecule has 0 aromatic rings. The topological polar surface area (TPSA) is 38.7 Å². The molecule has 0 aromatic heterocycles. The minimum Gasteiger partial charge on any atom is -0.376 e. The van der Waals surface area contributed by atoms with Gasteiger partial charge in [0.2, 0.25) is 6.08 Å². The van der Waals surface area contributed by atoms with Gasteiger partial charge in [-0.1, -0.05) is 0 Å². The normalized spacial score (nSPS) is 10.8. The van der Waals surface area contributed by atoms with Crippen LogP contribution in [0.5, 0.6) is 0 Å². The second-order valence-corrected chi connectivity index (χ2v) is 3.29. The molecule has 0 aromatic carbocycles. The van der Waals surface area contributed by atoms with E-state index in [1.807, 2.05) is 20.8 Å². The van der Waals surface area contributed by atoms with E-state index in [-0.39, 0.29) is 5.60 Å². The molecule has 3 nitrogen and oxygen atoms in total. The molecule has 3 heteroatoms. The van der Waals surface area contributed by atoms with Gasteiger partial charge in [0.05, 0.1) is 12.1 Å². The maximum absolute atomic E-state index is 9.63. The number of carbonyl (C=O) groups excluding carboxylic acids is 1. The monoisotopic (exact) mass is 157 g/mol. The van der Waals surface area contributed by atoms with E-state index in [2.05, 4.69) is 4.99 Å². The van der Waals surface area contributed by atoms with Crippen LogP contribution in [0.1, 0.15) is 27.2 Å². The van der Waals surface area contributed by atoms with Gasteiger partial charge in [0, 0.05) is 6.61 Å². The number of ether oxygens (including phenoxy) is 1. The van der Waals surface area contributed by atoms with Crippen LogP contribution < -0.4 is 0 Å². The molecule has 0 heterocycles. The molecule has 0 aliphatic rings. The van der Waals surface area contributed by atoms with E-state index < -0.39 is 0 Å². The summed E-state index contributed by atoms with van der Waals surface area (Å²) in [5.74, 6) is 0. The summed E-state index contributed by atoms with van der Waals surface area (Å²) in [5, 5.41) is 0. The Hall–Kier alpha value is -0.660. The molecular weight excluding hydrogens is 142 g/mol. The van der Waals surface area contributed by atoms with E-state index in [9.17, 15) is 4.79 Å². The minimum absolute atomic E-state index is 0.0924. The lowest BCUT2D eigenvalue weighted by molar-refractivity contribution is -0.00306. The minimum atomic E-state index is -0.0924. The Balaban J connectivity index is 3.21. The van der Waals surface area contributed by atoms with Crippen molar-refractivity contribution in [2.45, 2.75) is 32.8 Å². The van der Waals surface area contributed by atoms with Crippen molar-refractivity contribution in [3.63, 3.8) is 0 Å². The van der Waals surface area contributed by atoms with Crippen molar-refractivity contribution in [2.75, 3.05) is 13.2 Å². The molecule has 0 amide bonds. The Morgan fingerprint density at radius 1 is 1.45 bits per heavy atom. The first-order valence-electron chi connectivity index (χ1n) is 3.74. The highest BCUT2D eigenvalue weighted by Gasteiger charge is 2.08. The summed E-state index contributed by atoms with van der Waals surface area (Å²) in [7, 11) is 0. The van der Waals surface area contributed by atoms with E-state index >= 15 is 0 Å². The zero-order valence-corrected chi connectivity index (χ0v) is 7.39.